The third-order valence-corrected chi connectivity index (χ3v) is 5.22. The van der Waals surface area contributed by atoms with E-state index in [9.17, 15) is 18.0 Å². The molecule has 7 nitrogen and oxygen atoms in total. The van der Waals surface area contributed by atoms with E-state index in [4.69, 9.17) is 11.1 Å². The quantitative estimate of drug-likeness (QED) is 0.274. The van der Waals surface area contributed by atoms with Crippen LogP contribution in [0, 0.1) is 11.3 Å². The number of nitrogens with one attached hydrogen (secondary N) is 2. The summed E-state index contributed by atoms with van der Waals surface area (Å²) in [7, 11) is 0. The van der Waals surface area contributed by atoms with Gasteiger partial charge in [-0.1, -0.05) is 12.6 Å². The maximum Gasteiger partial charge on any atom is 0.446 e. The molecule has 11 heteroatoms. The summed E-state index contributed by atoms with van der Waals surface area (Å²) in [6.45, 7) is 5.90. The van der Waals surface area contributed by atoms with Gasteiger partial charge in [0.1, 0.15) is 18.0 Å². The van der Waals surface area contributed by atoms with Crippen LogP contribution in [0.3, 0.4) is 0 Å². The van der Waals surface area contributed by atoms with Gasteiger partial charge in [0.05, 0.1) is 6.04 Å². The van der Waals surface area contributed by atoms with Crippen molar-refractivity contribution in [2.75, 3.05) is 6.54 Å². The molecule has 1 atom stereocenters. The second-order valence-corrected chi connectivity index (χ2v) is 8.17. The van der Waals surface area contributed by atoms with Crippen molar-refractivity contribution in [1.29, 1.82) is 5.41 Å². The highest BCUT2D eigenvalue weighted by molar-refractivity contribution is 8.00. The average Bonchev–Trinajstić information content (AvgIpc) is 3.54. The van der Waals surface area contributed by atoms with Gasteiger partial charge in [-0.3, -0.25) is 10.2 Å². The van der Waals surface area contributed by atoms with Gasteiger partial charge in [-0.15, -0.1) is 0 Å². The molecule has 0 aromatic heterocycles. The number of rotatable bonds is 10. The molecule has 0 bridgehead atoms. The Morgan fingerprint density at radius 3 is 2.78 bits per heavy atom. The Kier molecular flexibility index (Phi) is 9.06. The third kappa shape index (κ3) is 8.22. The maximum absolute atomic E-state index is 13.3. The lowest BCUT2D eigenvalue weighted by atomic mass is 10.1. The van der Waals surface area contributed by atoms with E-state index in [-0.39, 0.29) is 33.9 Å². The second-order valence-electron chi connectivity index (χ2n) is 7.03. The Bertz CT molecular complexity index is 924. The molecule has 0 saturated heterocycles. The number of amidine groups is 1. The Morgan fingerprint density at radius 2 is 2.19 bits per heavy atom. The van der Waals surface area contributed by atoms with Crippen molar-refractivity contribution in [3.63, 3.8) is 0 Å². The minimum atomic E-state index is -4.45. The summed E-state index contributed by atoms with van der Waals surface area (Å²) in [5, 5.41) is 10.2. The number of halogens is 3. The summed E-state index contributed by atoms with van der Waals surface area (Å²) in [5.41, 5.74) is 0.950. The third-order valence-electron chi connectivity index (χ3n) is 4.49. The van der Waals surface area contributed by atoms with Gasteiger partial charge in [0.2, 0.25) is 0 Å². The molecule has 32 heavy (non-hydrogen) atoms. The molecule has 1 aromatic carbocycles. The highest BCUT2D eigenvalue weighted by atomic mass is 32.2. The van der Waals surface area contributed by atoms with E-state index in [0.29, 0.717) is 12.5 Å². The number of thioether (sulfide) groups is 1. The van der Waals surface area contributed by atoms with Crippen LogP contribution in [0.2, 0.25) is 0 Å². The fourth-order valence-electron chi connectivity index (χ4n) is 2.81. The largest absolute Gasteiger partial charge is 0.446 e. The summed E-state index contributed by atoms with van der Waals surface area (Å²) in [4.78, 5) is 22.8. The van der Waals surface area contributed by atoms with Crippen LogP contribution in [0.1, 0.15) is 30.1 Å². The number of aliphatic imine (C=N–C) groups is 2. The molecule has 1 aromatic rings. The van der Waals surface area contributed by atoms with Crippen LogP contribution in [-0.2, 0) is 0 Å². The van der Waals surface area contributed by atoms with Crippen LogP contribution >= 0.6 is 11.8 Å². The molecule has 1 aliphatic rings. The highest BCUT2D eigenvalue weighted by Gasteiger charge is 2.33. The molecule has 0 aliphatic heterocycles. The smallest absolute Gasteiger partial charge is 0.405 e. The fourth-order valence-corrected chi connectivity index (χ4v) is 3.41. The van der Waals surface area contributed by atoms with E-state index >= 15 is 0 Å². The van der Waals surface area contributed by atoms with E-state index in [1.165, 1.54) is 42.8 Å². The monoisotopic (exact) mass is 466 g/mol. The van der Waals surface area contributed by atoms with Crippen LogP contribution in [0.5, 0.6) is 0 Å². The highest BCUT2D eigenvalue weighted by Crippen LogP contribution is 2.37. The molecule has 0 radical (unpaired) electrons. The Morgan fingerprint density at radius 1 is 1.47 bits per heavy atom. The van der Waals surface area contributed by atoms with Crippen molar-refractivity contribution in [3.05, 3.63) is 54.5 Å². The van der Waals surface area contributed by atoms with Crippen LogP contribution in [-0.4, -0.2) is 47.3 Å². The molecule has 1 aliphatic carbocycles. The minimum absolute atomic E-state index is 0.0652. The Balaban J connectivity index is 2.27. The zero-order valence-electron chi connectivity index (χ0n) is 17.5. The van der Waals surface area contributed by atoms with Gasteiger partial charge in [0.15, 0.2) is 0 Å². The van der Waals surface area contributed by atoms with Gasteiger partial charge in [-0.25, -0.2) is 9.98 Å². The molecule has 4 N–H and O–H groups in total. The molecule has 0 heterocycles. The van der Waals surface area contributed by atoms with Gasteiger partial charge in [-0.2, -0.15) is 13.2 Å². The van der Waals surface area contributed by atoms with Gasteiger partial charge >= 0.3 is 5.51 Å². The maximum atomic E-state index is 13.3. The number of allylic oxidation sites excluding steroid dienone is 1. The van der Waals surface area contributed by atoms with Crippen LogP contribution in [0.15, 0.2) is 63.8 Å². The summed E-state index contributed by atoms with van der Waals surface area (Å²) in [6.07, 6.45) is 6.97. The van der Waals surface area contributed by atoms with Crippen molar-refractivity contribution in [3.8, 4) is 0 Å². The number of benzene rings is 1. The van der Waals surface area contributed by atoms with Crippen molar-refractivity contribution in [1.82, 2.24) is 10.2 Å². The summed E-state index contributed by atoms with van der Waals surface area (Å²) >= 11 is -0.268. The van der Waals surface area contributed by atoms with E-state index in [1.807, 2.05) is 0 Å². The lowest BCUT2D eigenvalue weighted by Crippen LogP contribution is -2.48. The normalized spacial score (nSPS) is 15.7. The number of carbonyl (C=O) groups is 1. The number of hydrogen-bond donors (Lipinski definition) is 3. The fraction of sp³-hybridized carbons (Fsp3) is 0.333. The Labute approximate surface area is 188 Å². The first-order valence-corrected chi connectivity index (χ1v) is 10.6. The predicted molar refractivity (Wildman–Crippen MR) is 122 cm³/mol. The number of hydrogen-bond acceptors (Lipinski definition) is 5. The van der Waals surface area contributed by atoms with Gasteiger partial charge < -0.3 is 16.0 Å². The lowest BCUT2D eigenvalue weighted by Gasteiger charge is -2.30. The molecule has 2 rings (SSSR count). The van der Waals surface area contributed by atoms with Crippen molar-refractivity contribution >= 4 is 36.1 Å². The van der Waals surface area contributed by atoms with Gasteiger partial charge in [0.25, 0.3) is 5.91 Å². The number of amides is 1. The lowest BCUT2D eigenvalue weighted by molar-refractivity contribution is -0.0328. The van der Waals surface area contributed by atoms with Crippen molar-refractivity contribution < 1.29 is 18.0 Å². The van der Waals surface area contributed by atoms with Crippen LogP contribution < -0.4 is 11.1 Å². The molecular weight excluding hydrogens is 441 g/mol. The SMILES string of the molecule is C=C(/N=C\C=C/N)N/C(=N\C=N)C(C)N(CC1CC1)C(=O)c1cccc(SC(F)(F)F)c1. The first-order chi connectivity index (χ1) is 15.1. The van der Waals surface area contributed by atoms with Gasteiger partial charge in [0, 0.05) is 23.2 Å². The summed E-state index contributed by atoms with van der Waals surface area (Å²) in [6, 6.07) is 4.84. The molecule has 1 fully saturated rings. The van der Waals surface area contributed by atoms with Crippen molar-refractivity contribution in [2.45, 2.75) is 36.2 Å². The number of carbonyl (C=O) groups excluding carboxylic acids is 1. The molecule has 0 spiro atoms. The standard InChI is InChI=1S/C21H25F3N6OS/c1-14(19(28-13-26)29-15(2)27-10-4-9-25)30(12-16-7-8-16)20(31)17-5-3-6-18(11-17)32-21(22,23)24/h3-6,9-11,13-14,16H,2,7-8,12,25H2,1H3,(H2,26,28,29)/b9-4-,27-10-. The van der Waals surface area contributed by atoms with E-state index in [2.05, 4.69) is 21.9 Å². The minimum Gasteiger partial charge on any atom is -0.405 e. The second kappa shape index (κ2) is 11.5. The number of nitrogens with two attached hydrogens (primary N) is 1. The molecule has 1 saturated carbocycles. The Hall–Kier alpha value is -3.08. The zero-order valence-corrected chi connectivity index (χ0v) is 18.3. The number of alkyl halides is 3. The molecular formula is C21H25F3N6OS. The van der Waals surface area contributed by atoms with Crippen LogP contribution in [0.25, 0.3) is 0 Å². The summed E-state index contributed by atoms with van der Waals surface area (Å²) < 4.78 is 38.3. The summed E-state index contributed by atoms with van der Waals surface area (Å²) in [5.74, 6) is 0.367. The van der Waals surface area contributed by atoms with E-state index < -0.39 is 17.5 Å². The predicted octanol–water partition coefficient (Wildman–Crippen LogP) is 4.15. The zero-order chi connectivity index (χ0) is 23.7. The van der Waals surface area contributed by atoms with E-state index in [0.717, 1.165) is 19.2 Å². The molecule has 172 valence electrons. The topological polar surface area (TPSA) is 107 Å². The molecule has 1 amide bonds. The van der Waals surface area contributed by atoms with Gasteiger partial charge in [-0.05, 0) is 67.9 Å². The first-order valence-electron chi connectivity index (χ1n) is 9.75. The average molecular weight is 467 g/mol. The molecule has 1 unspecified atom stereocenters. The van der Waals surface area contributed by atoms with Crippen molar-refractivity contribution in [2.24, 2.45) is 21.6 Å². The first kappa shape index (κ1) is 25.2. The number of nitrogens with zero attached hydrogens (tertiary/aromatic N) is 3. The van der Waals surface area contributed by atoms with Crippen LogP contribution in [0.4, 0.5) is 13.2 Å². The van der Waals surface area contributed by atoms with E-state index in [1.54, 1.807) is 11.8 Å².